The van der Waals surface area contributed by atoms with E-state index in [-0.39, 0.29) is 365 Å². The van der Waals surface area contributed by atoms with Crippen molar-refractivity contribution in [3.05, 3.63) is 0 Å². The summed E-state index contributed by atoms with van der Waals surface area (Å²) < 4.78 is 0. The smallest absolute Gasteiger partial charge is 0.0742 e. The Kier molecular flexibility index (Phi) is 5270. The molecule has 0 fully saturated rings. The zero-order valence-electron chi connectivity index (χ0n) is 55.4. The van der Waals surface area contributed by atoms with E-state index in [0.29, 0.717) is 0 Å². The second kappa shape index (κ2) is 955. The van der Waals surface area contributed by atoms with E-state index >= 15 is 0 Å². The third kappa shape index (κ3) is 925. The van der Waals surface area contributed by atoms with Gasteiger partial charge in [-0.25, -0.2) is 0 Å². The van der Waals surface area contributed by atoms with Crippen molar-refractivity contribution in [1.82, 2.24) is 0 Å². The molecule has 4 N–H and O–H groups in total. The van der Waals surface area contributed by atoms with E-state index in [1.54, 1.807) is 19.6 Å². The third-order valence-corrected chi connectivity index (χ3v) is 6.00. The molecule has 90 heavy (non-hydrogen) atoms. The summed E-state index contributed by atoms with van der Waals surface area (Å²) in [6, 6.07) is 0. The van der Waals surface area contributed by atoms with Gasteiger partial charge in [-0.3, -0.25) is 0 Å². The van der Waals surface area contributed by atoms with Crippen LogP contribution in [0.1, 0.15) is 83.1 Å². The molecular formula is C36H100N4O38V12-60. The van der Waals surface area contributed by atoms with Crippen molar-refractivity contribution in [2.45, 2.75) is 83.1 Å². The Morgan fingerprint density at radius 3 is 0.133 bits per heavy atom. The van der Waals surface area contributed by atoms with Crippen molar-refractivity contribution in [2.75, 3.05) is 164 Å². The quantitative estimate of drug-likeness (QED) is 0.142. The van der Waals surface area contributed by atoms with Gasteiger partial charge in [0, 0.05) is 223 Å². The number of nitrogens with one attached hydrogen (secondary N) is 4. The fourth-order valence-electron chi connectivity index (χ4n) is 3.00. The van der Waals surface area contributed by atoms with Crippen LogP contribution in [0.3, 0.4) is 0 Å². The van der Waals surface area contributed by atoms with Gasteiger partial charge in [-0.05, 0) is 83.1 Å². The van der Waals surface area contributed by atoms with Crippen molar-refractivity contribution in [3.63, 3.8) is 0 Å². The van der Waals surface area contributed by atoms with Crippen molar-refractivity contribution in [2.24, 2.45) is 0 Å². The first-order valence-electron chi connectivity index (χ1n) is 17.6. The SMILES string of the molecule is CC[NH+](CC)CC.CC[NH+](CC)CC.CC[NH+](CC)CC.CC[NH+](CC)CC.C[O-].C[O-].C[O-].C[O-].C[O-].C[O-].C[O-].C[O-].C[O-].C[O-].C[O-].C[O-].[O-2].[O-2].[O-2].[O-2].[O-2].[O-2].[O-2].[O-2].[O-2].[O-2].[O-2].[O-2].[O-2].[O-2].[O-2].[O-2].[O-2].[O-2].[O-2].[O-2].[O-2].[O-2].[O-2].[O-2].[O-2].[O-2].[V].[V].[V].[V].[V].[V].[V].[V].[V].[V].[V].[V]. The van der Waals surface area contributed by atoms with Crippen LogP contribution in [0.5, 0.6) is 0 Å². The van der Waals surface area contributed by atoms with Crippen molar-refractivity contribution >= 4 is 0 Å². The summed E-state index contributed by atoms with van der Waals surface area (Å²) in [6.45, 7) is 41.9. The van der Waals surface area contributed by atoms with Crippen LogP contribution in [0.4, 0.5) is 0 Å². The molecule has 0 heterocycles. The van der Waals surface area contributed by atoms with Crippen molar-refractivity contribution in [3.8, 4) is 0 Å². The first-order chi connectivity index (χ1) is 25.4. The van der Waals surface area contributed by atoms with Gasteiger partial charge in [-0.1, -0.05) is 0 Å². The first-order valence-corrected chi connectivity index (χ1v) is 17.6. The van der Waals surface area contributed by atoms with Crippen LogP contribution in [-0.2, 0) is 365 Å². The van der Waals surface area contributed by atoms with Crippen molar-refractivity contribution in [1.29, 1.82) is 0 Å². The van der Waals surface area contributed by atoms with Gasteiger partial charge < -0.3 is 223 Å². The molecule has 0 aliphatic carbocycles. The molecule has 0 aromatic carbocycles. The van der Waals surface area contributed by atoms with Gasteiger partial charge in [-0.2, -0.15) is 85.3 Å². The molecule has 42 nitrogen and oxygen atoms in total. The zero-order valence-corrected chi connectivity index (χ0v) is 72.1. The van der Waals surface area contributed by atoms with Gasteiger partial charge in [0.15, 0.2) is 0 Å². The summed E-state index contributed by atoms with van der Waals surface area (Å²) in [4.78, 5) is 6.72. The Balaban J connectivity index is -0.00000000295. The number of hydrogen-bond acceptors (Lipinski definition) is 12. The van der Waals surface area contributed by atoms with E-state index in [1.807, 2.05) is 0 Å². The minimum Gasteiger partial charge on any atom is -2.00 e. The molecule has 0 amide bonds. The van der Waals surface area contributed by atoms with Crippen LogP contribution in [0.25, 0.3) is 0 Å². The van der Waals surface area contributed by atoms with E-state index in [2.05, 4.69) is 83.1 Å². The average molecular weight is 1810 g/mol. The standard InChI is InChI=1S/4C6H15N.12CH3O.26O.12V/c4*1-4-7(5-2)6-3;12*1-2;;;;;;;;;;;;;;;;;;;;;;;;;;;;;;;;;;;;;;/h4*4-6H2,1-3H3;12*1H3;;;;;;;;;;;;;;;;;;;;;;;;;;;;;;;;;;;;;;/q;;;;12*-1;26*-2;;;;;;;;;;;;/p+4. The summed E-state index contributed by atoms with van der Waals surface area (Å²) in [5.74, 6) is 0. The zero-order chi connectivity index (χ0) is 46.8. The molecule has 612 valence electrons. The molecule has 0 saturated carbocycles. The Morgan fingerprint density at radius 1 is 0.111 bits per heavy atom. The summed E-state index contributed by atoms with van der Waals surface area (Å²) in [6.07, 6.45) is 0. The molecule has 0 atom stereocenters. The molecule has 0 saturated heterocycles. The van der Waals surface area contributed by atoms with Crippen LogP contribution in [0.15, 0.2) is 0 Å². The fraction of sp³-hybridized carbons (Fsp3) is 1.00. The van der Waals surface area contributed by atoms with E-state index in [4.69, 9.17) is 61.3 Å². The first kappa shape index (κ1) is 497. The van der Waals surface area contributed by atoms with Crippen LogP contribution >= 0.6 is 0 Å². The van der Waals surface area contributed by atoms with Gasteiger partial charge in [0.25, 0.3) is 0 Å². The monoisotopic (exact) mass is 1810 g/mol. The van der Waals surface area contributed by atoms with Crippen LogP contribution < -0.4 is 80.9 Å². The van der Waals surface area contributed by atoms with Crippen LogP contribution in [0.2, 0.25) is 0 Å². The topological polar surface area (TPSA) is 1040 Å². The van der Waals surface area contributed by atoms with Crippen molar-refractivity contribution < 1.29 is 446 Å². The maximum atomic E-state index is 8.25. The Hall–Kier alpha value is 5.33. The van der Waals surface area contributed by atoms with Gasteiger partial charge in [0.2, 0.25) is 0 Å². The Bertz CT molecular complexity index is 282. The minimum absolute atomic E-state index is 0. The maximum Gasteiger partial charge on any atom is 0.0742 e. The second-order valence-electron chi connectivity index (χ2n) is 7.24. The Labute approximate surface area is 686 Å². The number of hydrogen-bond donors (Lipinski definition) is 4. The Morgan fingerprint density at radius 2 is 0.133 bits per heavy atom. The van der Waals surface area contributed by atoms with Gasteiger partial charge in [0.1, 0.15) is 0 Å². The van der Waals surface area contributed by atoms with Crippen LogP contribution in [0, 0.1) is 0 Å². The molecular weight excluding hydrogens is 1710 g/mol. The van der Waals surface area contributed by atoms with E-state index in [0.717, 1.165) is 85.3 Å². The fourth-order valence-corrected chi connectivity index (χ4v) is 3.00. The molecule has 54 heteroatoms. The van der Waals surface area contributed by atoms with E-state index in [1.165, 1.54) is 78.5 Å². The molecule has 0 aromatic heterocycles. The predicted molar refractivity (Wildman–Crippen MR) is 219 cm³/mol. The number of rotatable bonds is 12. The van der Waals surface area contributed by atoms with Gasteiger partial charge in [-0.15, -0.1) is 0 Å². The molecule has 0 unspecified atom stereocenters. The average Bonchev–Trinajstić information content (AvgIpc) is 3.29. The molecule has 0 bridgehead atoms. The van der Waals surface area contributed by atoms with Gasteiger partial charge >= 0.3 is 0 Å². The summed E-state index contributed by atoms with van der Waals surface area (Å²) in [5, 5.41) is 99.0. The third-order valence-electron chi connectivity index (χ3n) is 6.00. The normalized spacial score (nSPS) is 4.00. The predicted octanol–water partition coefficient (Wildman–Crippen LogP) is -15.7. The largest absolute Gasteiger partial charge is 2.00 e. The molecule has 0 aliphatic heterocycles. The summed E-state index contributed by atoms with van der Waals surface area (Å²) >= 11 is 0. The van der Waals surface area contributed by atoms with Crippen LogP contribution in [-0.4, -0.2) is 164 Å². The number of quaternary nitrogens is 4. The molecule has 0 spiro atoms. The summed E-state index contributed by atoms with van der Waals surface area (Å²) in [7, 11) is 9.00. The van der Waals surface area contributed by atoms with E-state index in [9.17, 15) is 0 Å². The van der Waals surface area contributed by atoms with E-state index < -0.39 is 0 Å². The second-order valence-corrected chi connectivity index (χ2v) is 7.24. The summed E-state index contributed by atoms with van der Waals surface area (Å²) in [5.41, 5.74) is 0. The molecule has 0 rings (SSSR count). The maximum absolute atomic E-state index is 8.25. The molecule has 0 aliphatic rings. The molecule has 0 aromatic rings. The minimum atomic E-state index is 0. The molecule has 12 radical (unpaired) electrons. The van der Waals surface area contributed by atoms with Gasteiger partial charge in [0.05, 0.1) is 78.5 Å².